The number of benzene rings is 2. The molecule has 0 bridgehead atoms. The van der Waals surface area contributed by atoms with Gasteiger partial charge in [-0.25, -0.2) is 0 Å². The number of carbonyl (C=O) groups is 3. The monoisotopic (exact) mass is 381 g/mol. The fraction of sp³-hybridized carbons (Fsp3) is 0.190. The number of ether oxygens (including phenoxy) is 1. The highest BCUT2D eigenvalue weighted by Gasteiger charge is 2.46. The van der Waals surface area contributed by atoms with Crippen LogP contribution in [-0.2, 0) is 14.4 Å². The summed E-state index contributed by atoms with van der Waals surface area (Å²) in [5, 5.41) is 19.8. The summed E-state index contributed by atoms with van der Waals surface area (Å²) >= 11 is 0. The summed E-state index contributed by atoms with van der Waals surface area (Å²) in [6.07, 6.45) is -0.321. The zero-order valence-electron chi connectivity index (χ0n) is 15.2. The van der Waals surface area contributed by atoms with Gasteiger partial charge in [-0.3, -0.25) is 14.4 Å². The summed E-state index contributed by atoms with van der Waals surface area (Å²) in [6.45, 7) is -0.159. The first-order valence-electron chi connectivity index (χ1n) is 8.63. The van der Waals surface area contributed by atoms with Crippen molar-refractivity contribution in [1.82, 2.24) is 4.90 Å². The minimum atomic E-state index is -1.09. The smallest absolute Gasteiger partial charge is 0.305 e. The second kappa shape index (κ2) is 7.96. The zero-order chi connectivity index (χ0) is 20.3. The number of likely N-dealkylation sites (tertiary alicyclic amines) is 1. The molecule has 1 aliphatic heterocycles. The van der Waals surface area contributed by atoms with Gasteiger partial charge in [0.15, 0.2) is 0 Å². The lowest BCUT2D eigenvalue weighted by Gasteiger charge is -2.25. The topological polar surface area (TPSA) is 104 Å². The van der Waals surface area contributed by atoms with Gasteiger partial charge in [-0.1, -0.05) is 42.5 Å². The van der Waals surface area contributed by atoms with Gasteiger partial charge in [-0.05, 0) is 17.7 Å². The number of aliphatic carboxylic acids is 1. The van der Waals surface area contributed by atoms with Crippen LogP contribution in [0.3, 0.4) is 0 Å². The molecule has 1 unspecified atom stereocenters. The van der Waals surface area contributed by atoms with Crippen molar-refractivity contribution in [2.45, 2.75) is 12.5 Å². The number of methoxy groups -OCH3 is 1. The molecule has 0 aromatic heterocycles. The Balaban J connectivity index is 2.16. The standard InChI is InChI=1S/C21H19NO6/c1-28-15-9-5-8-14(12-15)18-17(19(25)13-6-3-2-4-7-13)20(26)21(27)22(18)11-10-16(23)24/h2-9,12,18,25H,10-11H2,1H3,(H,23,24)/b19-17+. The summed E-state index contributed by atoms with van der Waals surface area (Å²) in [5.74, 6) is -2.56. The number of ketones is 1. The molecule has 0 spiro atoms. The van der Waals surface area contributed by atoms with Crippen LogP contribution < -0.4 is 4.74 Å². The largest absolute Gasteiger partial charge is 0.507 e. The molecule has 1 fully saturated rings. The maximum Gasteiger partial charge on any atom is 0.305 e. The number of amides is 1. The highest BCUT2D eigenvalue weighted by Crippen LogP contribution is 2.40. The summed E-state index contributed by atoms with van der Waals surface area (Å²) in [4.78, 5) is 37.5. The van der Waals surface area contributed by atoms with Crippen LogP contribution in [0.1, 0.15) is 23.6 Å². The fourth-order valence-corrected chi connectivity index (χ4v) is 3.24. The summed E-state index contributed by atoms with van der Waals surface area (Å²) in [6, 6.07) is 14.3. The van der Waals surface area contributed by atoms with Crippen molar-refractivity contribution in [3.05, 3.63) is 71.3 Å². The number of carboxylic acids is 1. The lowest BCUT2D eigenvalue weighted by atomic mass is 9.95. The van der Waals surface area contributed by atoms with E-state index in [1.807, 2.05) is 0 Å². The van der Waals surface area contributed by atoms with Crippen molar-refractivity contribution in [2.75, 3.05) is 13.7 Å². The third-order valence-corrected chi connectivity index (χ3v) is 4.56. The van der Waals surface area contributed by atoms with E-state index in [0.29, 0.717) is 16.9 Å². The quantitative estimate of drug-likeness (QED) is 0.453. The number of nitrogens with zero attached hydrogens (tertiary/aromatic N) is 1. The molecule has 1 amide bonds. The Morgan fingerprint density at radius 1 is 1.07 bits per heavy atom. The summed E-state index contributed by atoms with van der Waals surface area (Å²) in [5.41, 5.74) is 0.864. The predicted molar refractivity (Wildman–Crippen MR) is 101 cm³/mol. The van der Waals surface area contributed by atoms with Gasteiger partial charge >= 0.3 is 5.97 Å². The molecular weight excluding hydrogens is 362 g/mol. The molecule has 7 heteroatoms. The van der Waals surface area contributed by atoms with E-state index < -0.39 is 23.7 Å². The van der Waals surface area contributed by atoms with Gasteiger partial charge in [0.05, 0.1) is 25.1 Å². The Hall–Kier alpha value is -3.61. The molecule has 144 valence electrons. The summed E-state index contributed by atoms with van der Waals surface area (Å²) in [7, 11) is 1.49. The highest BCUT2D eigenvalue weighted by molar-refractivity contribution is 6.46. The van der Waals surface area contributed by atoms with Crippen molar-refractivity contribution in [2.24, 2.45) is 0 Å². The van der Waals surface area contributed by atoms with Crippen LogP contribution in [0.15, 0.2) is 60.2 Å². The second-order valence-electron chi connectivity index (χ2n) is 6.28. The van der Waals surface area contributed by atoms with Gasteiger partial charge in [0.1, 0.15) is 11.5 Å². The second-order valence-corrected chi connectivity index (χ2v) is 6.28. The lowest BCUT2D eigenvalue weighted by molar-refractivity contribution is -0.142. The third-order valence-electron chi connectivity index (χ3n) is 4.56. The zero-order valence-corrected chi connectivity index (χ0v) is 15.2. The number of rotatable bonds is 6. The Bertz CT molecular complexity index is 950. The Kier molecular flexibility index (Phi) is 5.44. The van der Waals surface area contributed by atoms with Crippen molar-refractivity contribution in [3.8, 4) is 5.75 Å². The van der Waals surface area contributed by atoms with E-state index in [-0.39, 0.29) is 24.3 Å². The summed E-state index contributed by atoms with van der Waals surface area (Å²) < 4.78 is 5.22. The Morgan fingerprint density at radius 3 is 2.43 bits per heavy atom. The molecule has 28 heavy (non-hydrogen) atoms. The molecule has 7 nitrogen and oxygen atoms in total. The number of carbonyl (C=O) groups excluding carboxylic acids is 2. The predicted octanol–water partition coefficient (Wildman–Crippen LogP) is 2.59. The van der Waals surface area contributed by atoms with E-state index in [2.05, 4.69) is 0 Å². The van der Waals surface area contributed by atoms with Crippen LogP contribution in [0.2, 0.25) is 0 Å². The number of aliphatic hydroxyl groups excluding tert-OH is 1. The van der Waals surface area contributed by atoms with Crippen molar-refractivity contribution in [1.29, 1.82) is 0 Å². The Morgan fingerprint density at radius 2 is 1.79 bits per heavy atom. The van der Waals surface area contributed by atoms with E-state index in [1.165, 1.54) is 12.0 Å². The normalized spacial score (nSPS) is 18.3. The van der Waals surface area contributed by atoms with Crippen molar-refractivity contribution >= 4 is 23.4 Å². The third kappa shape index (κ3) is 3.59. The Labute approximate surface area is 161 Å². The van der Waals surface area contributed by atoms with Crippen LogP contribution in [0.4, 0.5) is 0 Å². The average molecular weight is 381 g/mol. The van der Waals surface area contributed by atoms with Crippen LogP contribution in [-0.4, -0.2) is 46.4 Å². The molecule has 2 aromatic carbocycles. The van der Waals surface area contributed by atoms with Gasteiger partial charge in [0.2, 0.25) is 0 Å². The average Bonchev–Trinajstić information content (AvgIpc) is 2.97. The molecule has 0 aliphatic carbocycles. The minimum absolute atomic E-state index is 0.0742. The van der Waals surface area contributed by atoms with Crippen LogP contribution in [0.5, 0.6) is 5.75 Å². The number of Topliss-reactive ketones (excluding diaryl/α,β-unsaturated/α-hetero) is 1. The van der Waals surface area contributed by atoms with Gasteiger partial charge in [-0.2, -0.15) is 0 Å². The van der Waals surface area contributed by atoms with Crippen molar-refractivity contribution < 1.29 is 29.3 Å². The van der Waals surface area contributed by atoms with E-state index in [4.69, 9.17) is 9.84 Å². The number of hydrogen-bond acceptors (Lipinski definition) is 5. The van der Waals surface area contributed by atoms with E-state index in [9.17, 15) is 19.5 Å². The molecule has 1 atom stereocenters. The minimum Gasteiger partial charge on any atom is -0.507 e. The number of aliphatic hydroxyl groups is 1. The van der Waals surface area contributed by atoms with Gasteiger partial charge in [0.25, 0.3) is 11.7 Å². The molecule has 0 radical (unpaired) electrons. The van der Waals surface area contributed by atoms with Crippen LogP contribution in [0, 0.1) is 0 Å². The number of hydrogen-bond donors (Lipinski definition) is 2. The first kappa shape index (κ1) is 19.2. The van der Waals surface area contributed by atoms with E-state index in [1.54, 1.807) is 54.6 Å². The SMILES string of the molecule is COc1cccc(C2/C(=C(\O)c3ccccc3)C(=O)C(=O)N2CCC(=O)O)c1. The maximum atomic E-state index is 12.7. The van der Waals surface area contributed by atoms with Crippen LogP contribution in [0.25, 0.3) is 5.76 Å². The van der Waals surface area contributed by atoms with Gasteiger partial charge < -0.3 is 19.8 Å². The molecular formula is C21H19NO6. The van der Waals surface area contributed by atoms with E-state index >= 15 is 0 Å². The first-order chi connectivity index (χ1) is 13.4. The highest BCUT2D eigenvalue weighted by atomic mass is 16.5. The molecule has 1 saturated heterocycles. The number of carboxylic acid groups (broad SMARTS) is 1. The van der Waals surface area contributed by atoms with Crippen LogP contribution >= 0.6 is 0 Å². The van der Waals surface area contributed by atoms with Gasteiger partial charge in [0, 0.05) is 12.1 Å². The molecule has 3 rings (SSSR count). The fourth-order valence-electron chi connectivity index (χ4n) is 3.24. The molecule has 2 aromatic rings. The maximum absolute atomic E-state index is 12.7. The molecule has 1 aliphatic rings. The molecule has 2 N–H and O–H groups in total. The van der Waals surface area contributed by atoms with E-state index in [0.717, 1.165) is 0 Å². The lowest BCUT2D eigenvalue weighted by Crippen LogP contribution is -2.31. The van der Waals surface area contributed by atoms with Crippen molar-refractivity contribution in [3.63, 3.8) is 0 Å². The first-order valence-corrected chi connectivity index (χ1v) is 8.63. The van der Waals surface area contributed by atoms with Gasteiger partial charge in [-0.15, -0.1) is 0 Å². The molecule has 1 heterocycles. The molecule has 0 saturated carbocycles.